The molecule has 0 saturated heterocycles. The largest absolute Gasteiger partial charge is 1.00 e. The summed E-state index contributed by atoms with van der Waals surface area (Å²) in [6.45, 7) is 3.18. The van der Waals surface area contributed by atoms with Gasteiger partial charge in [0.15, 0.2) is 0 Å². The molecule has 0 aliphatic carbocycles. The van der Waals surface area contributed by atoms with E-state index >= 15 is 0 Å². The van der Waals surface area contributed by atoms with Crippen molar-refractivity contribution in [3.05, 3.63) is 17.0 Å². The van der Waals surface area contributed by atoms with E-state index in [0.717, 1.165) is 0 Å². The third-order valence-electron chi connectivity index (χ3n) is 2.42. The van der Waals surface area contributed by atoms with Gasteiger partial charge in [-0.05, 0) is 13.8 Å². The van der Waals surface area contributed by atoms with Crippen molar-refractivity contribution in [3.8, 4) is 11.5 Å². The zero-order valence-corrected chi connectivity index (χ0v) is 15.0. The van der Waals surface area contributed by atoms with Gasteiger partial charge in [0.05, 0.1) is 32.8 Å². The third kappa shape index (κ3) is 6.04. The first-order chi connectivity index (χ1) is 8.22. The van der Waals surface area contributed by atoms with Crippen LogP contribution in [0, 0.1) is 13.8 Å². The Balaban J connectivity index is 0.00000324. The van der Waals surface area contributed by atoms with E-state index in [0.29, 0.717) is 11.4 Å². The van der Waals surface area contributed by atoms with Crippen LogP contribution in [0.1, 0.15) is 17.0 Å². The molecule has 0 aliphatic rings. The van der Waals surface area contributed by atoms with E-state index < -0.39 is 15.9 Å². The maximum atomic E-state index is 10.4. The Morgan fingerprint density at radius 2 is 1.68 bits per heavy atom. The third-order valence-corrected chi connectivity index (χ3v) is 3.13. The van der Waals surface area contributed by atoms with Crippen LogP contribution in [0.25, 0.3) is 0 Å². The van der Waals surface area contributed by atoms with Gasteiger partial charge in [-0.2, -0.15) is 0 Å². The van der Waals surface area contributed by atoms with E-state index in [1.165, 1.54) is 0 Å². The zero-order chi connectivity index (χ0) is 13.9. The van der Waals surface area contributed by atoms with E-state index in [4.69, 9.17) is 0 Å². The Kier molecular flexibility index (Phi) is 7.99. The summed E-state index contributed by atoms with van der Waals surface area (Å²) in [5.74, 6) is -0.830. The van der Waals surface area contributed by atoms with Gasteiger partial charge in [0.25, 0.3) is 0 Å². The summed E-state index contributed by atoms with van der Waals surface area (Å²) in [7, 11) is -4.26. The fourth-order valence-electron chi connectivity index (χ4n) is 1.48. The van der Waals surface area contributed by atoms with E-state index in [-0.39, 0.29) is 81.5 Å². The van der Waals surface area contributed by atoms with Crippen LogP contribution in [0.15, 0.2) is 0 Å². The molecule has 19 heavy (non-hydrogen) atoms. The van der Waals surface area contributed by atoms with Crippen molar-refractivity contribution in [2.45, 2.75) is 20.4 Å². The molecule has 1 aromatic rings. The van der Waals surface area contributed by atoms with Crippen LogP contribution >= 0.6 is 0 Å². The number of pyridine rings is 1. The summed E-state index contributed by atoms with van der Waals surface area (Å²) < 4.78 is 31.1. The number of rotatable bonds is 5. The molecule has 0 unspecified atom stereocenters. The minimum atomic E-state index is -4.26. The van der Waals surface area contributed by atoms with E-state index in [1.807, 2.05) is 0 Å². The van der Waals surface area contributed by atoms with Gasteiger partial charge in [0.1, 0.15) is 11.5 Å². The second-order valence-electron chi connectivity index (χ2n) is 3.90. The molecule has 0 atom stereocenters. The Morgan fingerprint density at radius 1 is 1.21 bits per heavy atom. The second kappa shape index (κ2) is 7.89. The van der Waals surface area contributed by atoms with Gasteiger partial charge in [0.2, 0.25) is 0 Å². The van der Waals surface area contributed by atoms with Crippen molar-refractivity contribution in [3.63, 3.8) is 0 Å². The number of aromatic nitrogens is 1. The van der Waals surface area contributed by atoms with Gasteiger partial charge in [-0.25, -0.2) is 8.42 Å². The Bertz CT molecular complexity index is 521. The summed E-state index contributed by atoms with van der Waals surface area (Å²) in [4.78, 5) is 3.93. The van der Waals surface area contributed by atoms with Crippen LogP contribution in [0.4, 0.5) is 0 Å². The molecule has 0 spiro atoms. The number of nitrogens with one attached hydrogen (secondary N) is 1. The zero-order valence-electron chi connectivity index (χ0n) is 11.1. The van der Waals surface area contributed by atoms with Gasteiger partial charge in [0, 0.05) is 13.1 Å². The average Bonchev–Trinajstić information content (AvgIpc) is 2.24. The molecule has 1 heterocycles. The monoisotopic (exact) mass is 314 g/mol. The van der Waals surface area contributed by atoms with Crippen molar-refractivity contribution < 1.29 is 74.6 Å². The molecule has 3 N–H and O–H groups in total. The molecule has 1 rings (SSSR count). The van der Waals surface area contributed by atoms with Gasteiger partial charge in [-0.15, -0.1) is 0 Å². The van der Waals surface area contributed by atoms with Gasteiger partial charge < -0.3 is 20.1 Å². The molecule has 0 aliphatic heterocycles. The molecule has 0 aromatic carbocycles. The molecule has 9 heteroatoms. The topological polar surface area (TPSA) is 123 Å². The minimum Gasteiger partial charge on any atom is -0.748 e. The van der Waals surface area contributed by atoms with Crippen LogP contribution in [0.2, 0.25) is 0 Å². The predicted octanol–water partition coefficient (Wildman–Crippen LogP) is -3.25. The predicted molar refractivity (Wildman–Crippen MR) is 63.3 cm³/mol. The molecular weight excluding hydrogens is 299 g/mol. The molecule has 7 nitrogen and oxygen atoms in total. The number of hydrogen-bond donors (Lipinski definition) is 3. The van der Waals surface area contributed by atoms with Gasteiger partial charge in [-0.3, -0.25) is 4.98 Å². The maximum absolute atomic E-state index is 10.4. The molecule has 1 aromatic heterocycles. The molecule has 0 saturated carbocycles. The normalized spacial score (nSPS) is 11.1. The summed E-state index contributed by atoms with van der Waals surface area (Å²) in [5.41, 5.74) is 0.986. The van der Waals surface area contributed by atoms with Crippen LogP contribution in [0.3, 0.4) is 0 Å². The van der Waals surface area contributed by atoms with Crippen molar-refractivity contribution in [2.75, 3.05) is 12.3 Å². The Morgan fingerprint density at radius 3 is 2.11 bits per heavy atom. The van der Waals surface area contributed by atoms with E-state index in [9.17, 15) is 23.2 Å². The fourth-order valence-corrected chi connectivity index (χ4v) is 1.88. The van der Waals surface area contributed by atoms with Crippen molar-refractivity contribution in [1.82, 2.24) is 10.3 Å². The standard InChI is InChI=1S/C10H16N2O5S.K/c1-6-9(13)8(10(14)7(2)12-6)5-11-3-4-18(15,16)17;/h11,13-14H,3-5H2,1-2H3,(H,15,16,17);/q;+1/p-1. The number of aromatic hydroxyl groups is 2. The molecular formula is C10H15KN2O5S. The van der Waals surface area contributed by atoms with Gasteiger partial charge >= 0.3 is 51.4 Å². The second-order valence-corrected chi connectivity index (χ2v) is 5.42. The average molecular weight is 314 g/mol. The van der Waals surface area contributed by atoms with Crippen LogP contribution in [-0.2, 0) is 16.7 Å². The molecule has 0 radical (unpaired) electrons. The smallest absolute Gasteiger partial charge is 0.748 e. The first kappa shape index (κ1) is 19.3. The van der Waals surface area contributed by atoms with Crippen LogP contribution in [-0.4, -0.2) is 40.5 Å². The summed E-state index contributed by atoms with van der Waals surface area (Å²) in [5, 5.41) is 22.1. The molecule has 0 bridgehead atoms. The number of hydrogen-bond acceptors (Lipinski definition) is 7. The first-order valence-electron chi connectivity index (χ1n) is 5.24. The van der Waals surface area contributed by atoms with Crippen molar-refractivity contribution >= 4 is 10.1 Å². The number of nitrogens with zero attached hydrogens (tertiary/aromatic N) is 1. The van der Waals surface area contributed by atoms with Crippen molar-refractivity contribution in [1.29, 1.82) is 0 Å². The van der Waals surface area contributed by atoms with Crippen molar-refractivity contribution in [2.24, 2.45) is 0 Å². The minimum absolute atomic E-state index is 0. The van der Waals surface area contributed by atoms with Crippen LogP contribution in [0.5, 0.6) is 11.5 Å². The fraction of sp³-hybridized carbons (Fsp3) is 0.500. The Labute approximate surface area is 154 Å². The van der Waals surface area contributed by atoms with Gasteiger partial charge in [-0.1, -0.05) is 0 Å². The summed E-state index contributed by atoms with van der Waals surface area (Å²) in [6.07, 6.45) is 0. The number of aryl methyl sites for hydroxylation is 2. The summed E-state index contributed by atoms with van der Waals surface area (Å²) in [6, 6.07) is 0. The molecule has 0 amide bonds. The quantitative estimate of drug-likeness (QED) is 0.296. The summed E-state index contributed by atoms with van der Waals surface area (Å²) >= 11 is 0. The van der Waals surface area contributed by atoms with E-state index in [2.05, 4.69) is 10.3 Å². The van der Waals surface area contributed by atoms with Crippen LogP contribution < -0.4 is 56.7 Å². The van der Waals surface area contributed by atoms with E-state index in [1.54, 1.807) is 13.8 Å². The SMILES string of the molecule is Cc1nc(C)c(O)c(CNCCS(=O)(=O)[O-])c1O.[K+]. The Hall–Kier alpha value is 0.256. The molecule has 102 valence electrons. The maximum Gasteiger partial charge on any atom is 1.00 e. The molecule has 0 fully saturated rings. The first-order valence-corrected chi connectivity index (χ1v) is 6.82.